The van der Waals surface area contributed by atoms with Crippen molar-refractivity contribution in [2.24, 2.45) is 0 Å². The molecule has 1 N–H and O–H groups in total. The van der Waals surface area contributed by atoms with Gasteiger partial charge in [-0.1, -0.05) is 6.07 Å². The maximum absolute atomic E-state index is 11.6. The summed E-state index contributed by atoms with van der Waals surface area (Å²) in [5.41, 5.74) is 5.31. The normalized spacial score (nSPS) is 19.7. The maximum atomic E-state index is 11.6. The van der Waals surface area contributed by atoms with Gasteiger partial charge in [0.05, 0.1) is 53.5 Å². The van der Waals surface area contributed by atoms with Crippen molar-refractivity contribution in [3.05, 3.63) is 76.7 Å². The molecule has 10 nitrogen and oxygen atoms in total. The van der Waals surface area contributed by atoms with E-state index in [4.69, 9.17) is 14.8 Å². The van der Waals surface area contributed by atoms with Gasteiger partial charge in [0.15, 0.2) is 5.82 Å². The Morgan fingerprint density at radius 3 is 2.57 bits per heavy atom. The third-order valence-electron chi connectivity index (χ3n) is 9.11. The number of imidazole rings is 1. The molecule has 1 atom stereocenters. The molecule has 2 fully saturated rings. The molecular formula is C32H35N7O3. The summed E-state index contributed by atoms with van der Waals surface area (Å²) in [6, 6.07) is 16.0. The number of ether oxygens (including phenoxy) is 1. The van der Waals surface area contributed by atoms with Crippen LogP contribution in [0.2, 0.25) is 0 Å². The van der Waals surface area contributed by atoms with E-state index in [1.807, 2.05) is 18.2 Å². The number of rotatable bonds is 7. The fourth-order valence-electron chi connectivity index (χ4n) is 6.53. The number of likely N-dealkylation sites (tertiary alicyclic amines) is 1. The van der Waals surface area contributed by atoms with E-state index in [2.05, 4.69) is 43.4 Å². The van der Waals surface area contributed by atoms with Crippen molar-refractivity contribution < 1.29 is 14.6 Å². The number of aromatic carboxylic acids is 1. The lowest BCUT2D eigenvalue weighted by molar-refractivity contribution is -0.0592. The molecule has 0 unspecified atom stereocenters. The van der Waals surface area contributed by atoms with Gasteiger partial charge in [-0.05, 0) is 73.6 Å². The Morgan fingerprint density at radius 1 is 1.02 bits per heavy atom. The predicted molar refractivity (Wildman–Crippen MR) is 158 cm³/mol. The highest BCUT2D eigenvalue weighted by atomic mass is 16.5. The van der Waals surface area contributed by atoms with Gasteiger partial charge in [-0.2, -0.15) is 10.4 Å². The van der Waals surface area contributed by atoms with E-state index in [9.17, 15) is 15.2 Å². The molecule has 2 aromatic heterocycles. The first-order valence-electron chi connectivity index (χ1n) is 14.9. The molecule has 0 saturated carbocycles. The van der Waals surface area contributed by atoms with Crippen LogP contribution in [0.1, 0.15) is 58.2 Å². The summed E-state index contributed by atoms with van der Waals surface area (Å²) in [5.74, 6) is 1.07. The number of fused-ring (bicyclic) bond motifs is 2. The van der Waals surface area contributed by atoms with Gasteiger partial charge in [0.25, 0.3) is 0 Å². The molecule has 3 aliphatic rings. The molecular weight excluding hydrogens is 530 g/mol. The number of carboxylic acids is 1. The minimum atomic E-state index is -0.926. The minimum absolute atomic E-state index is 0.155. The number of aromatic nitrogens is 4. The SMILES string of the molecule is N#Cc1ccc2c(c1)CCN(c1ccn(C3CCN(Cc4nc5ccc(C(=O)O)cc5n4C[C@@H]4CCO4)CC3)n1)CC2. The molecule has 216 valence electrons. The first-order valence-corrected chi connectivity index (χ1v) is 14.9. The van der Waals surface area contributed by atoms with Gasteiger partial charge in [-0.15, -0.1) is 0 Å². The predicted octanol–water partition coefficient (Wildman–Crippen LogP) is 4.03. The van der Waals surface area contributed by atoms with Crippen molar-refractivity contribution >= 4 is 22.8 Å². The molecule has 0 bridgehead atoms. The zero-order valence-electron chi connectivity index (χ0n) is 23.7. The Kier molecular flexibility index (Phi) is 7.14. The second kappa shape index (κ2) is 11.2. The number of piperidine rings is 1. The van der Waals surface area contributed by atoms with Crippen molar-refractivity contribution in [2.45, 2.75) is 57.3 Å². The molecule has 0 spiro atoms. The van der Waals surface area contributed by atoms with Crippen LogP contribution in [0.15, 0.2) is 48.7 Å². The van der Waals surface area contributed by atoms with Gasteiger partial charge < -0.3 is 19.3 Å². The lowest BCUT2D eigenvalue weighted by atomic mass is 10.0. The lowest BCUT2D eigenvalue weighted by Crippen LogP contribution is -2.36. The highest BCUT2D eigenvalue weighted by molar-refractivity contribution is 5.92. The van der Waals surface area contributed by atoms with E-state index < -0.39 is 5.97 Å². The van der Waals surface area contributed by atoms with Gasteiger partial charge in [-0.3, -0.25) is 9.58 Å². The molecule has 2 saturated heterocycles. The van der Waals surface area contributed by atoms with Crippen LogP contribution >= 0.6 is 0 Å². The number of carbonyl (C=O) groups is 1. The second-order valence-corrected chi connectivity index (χ2v) is 11.7. The molecule has 4 aromatic rings. The smallest absolute Gasteiger partial charge is 0.335 e. The van der Waals surface area contributed by atoms with Crippen LogP contribution in [-0.2, 0) is 30.7 Å². The lowest BCUT2D eigenvalue weighted by Gasteiger charge is -2.32. The molecule has 5 heterocycles. The summed E-state index contributed by atoms with van der Waals surface area (Å²) in [7, 11) is 0. The zero-order valence-corrected chi connectivity index (χ0v) is 23.7. The summed E-state index contributed by atoms with van der Waals surface area (Å²) in [5, 5.41) is 23.8. The van der Waals surface area contributed by atoms with Crippen LogP contribution < -0.4 is 4.90 Å². The topological polar surface area (TPSA) is 112 Å². The van der Waals surface area contributed by atoms with Crippen LogP contribution in [0.3, 0.4) is 0 Å². The minimum Gasteiger partial charge on any atom is -0.478 e. The maximum Gasteiger partial charge on any atom is 0.335 e. The van der Waals surface area contributed by atoms with E-state index in [-0.39, 0.29) is 11.7 Å². The van der Waals surface area contributed by atoms with Crippen LogP contribution in [0.5, 0.6) is 0 Å². The molecule has 3 aliphatic heterocycles. The molecule has 42 heavy (non-hydrogen) atoms. The van der Waals surface area contributed by atoms with Crippen molar-refractivity contribution in [1.82, 2.24) is 24.2 Å². The molecule has 2 aromatic carbocycles. The highest BCUT2D eigenvalue weighted by Crippen LogP contribution is 2.28. The average molecular weight is 566 g/mol. The van der Waals surface area contributed by atoms with Crippen molar-refractivity contribution in [2.75, 3.05) is 37.7 Å². The second-order valence-electron chi connectivity index (χ2n) is 11.7. The number of hydrogen-bond acceptors (Lipinski definition) is 7. The Labute approximate surface area is 244 Å². The van der Waals surface area contributed by atoms with Gasteiger partial charge in [0.1, 0.15) is 5.82 Å². The number of anilines is 1. The van der Waals surface area contributed by atoms with Gasteiger partial charge >= 0.3 is 5.97 Å². The molecule has 10 heteroatoms. The Bertz CT molecular complexity index is 1660. The van der Waals surface area contributed by atoms with Crippen molar-refractivity contribution in [1.29, 1.82) is 5.26 Å². The summed E-state index contributed by atoms with van der Waals surface area (Å²) >= 11 is 0. The van der Waals surface area contributed by atoms with E-state index in [0.29, 0.717) is 12.6 Å². The van der Waals surface area contributed by atoms with Crippen LogP contribution in [0.25, 0.3) is 11.0 Å². The third-order valence-corrected chi connectivity index (χ3v) is 9.11. The fourth-order valence-corrected chi connectivity index (χ4v) is 6.53. The Balaban J connectivity index is 0.999. The van der Waals surface area contributed by atoms with Gasteiger partial charge in [0.2, 0.25) is 0 Å². The molecule has 0 radical (unpaired) electrons. The Morgan fingerprint density at radius 2 is 1.83 bits per heavy atom. The molecule has 0 aliphatic carbocycles. The monoisotopic (exact) mass is 565 g/mol. The van der Waals surface area contributed by atoms with Crippen molar-refractivity contribution in [3.8, 4) is 6.07 Å². The van der Waals surface area contributed by atoms with Crippen LogP contribution in [0.4, 0.5) is 5.82 Å². The van der Waals surface area contributed by atoms with E-state index >= 15 is 0 Å². The number of nitriles is 1. The summed E-state index contributed by atoms with van der Waals surface area (Å²) < 4.78 is 10.0. The third kappa shape index (κ3) is 5.26. The zero-order chi connectivity index (χ0) is 28.6. The van der Waals surface area contributed by atoms with E-state index in [1.54, 1.807) is 12.1 Å². The molecule has 0 amide bonds. The number of hydrogen-bond donors (Lipinski definition) is 1. The number of nitrogens with zero attached hydrogens (tertiary/aromatic N) is 7. The van der Waals surface area contributed by atoms with Crippen LogP contribution in [-0.4, -0.2) is 74.2 Å². The molecule has 7 rings (SSSR count). The first-order chi connectivity index (χ1) is 20.5. The largest absolute Gasteiger partial charge is 0.478 e. The van der Waals surface area contributed by atoms with E-state index in [0.717, 1.165) is 99.7 Å². The van der Waals surface area contributed by atoms with E-state index in [1.165, 1.54) is 11.1 Å². The number of carboxylic acid groups (broad SMARTS) is 1. The summed E-state index contributed by atoms with van der Waals surface area (Å²) in [6.07, 6.45) is 7.20. The summed E-state index contributed by atoms with van der Waals surface area (Å²) in [6.45, 7) is 5.93. The highest BCUT2D eigenvalue weighted by Gasteiger charge is 2.26. The fraction of sp³-hybridized carbons (Fsp3) is 0.438. The van der Waals surface area contributed by atoms with Crippen molar-refractivity contribution in [3.63, 3.8) is 0 Å². The standard InChI is InChI=1S/C32H35N7O3/c33-19-22-1-2-23-5-13-37(14-6-24(23)17-22)30-9-15-39(35-30)26-7-11-36(12-8-26)21-31-34-28-4-3-25(32(40)41)18-29(28)38(31)20-27-10-16-42-27/h1-4,9,15,17-18,26-27H,5-8,10-14,16,20-21H2,(H,40,41)/t27-/m0/s1. The number of benzene rings is 2. The van der Waals surface area contributed by atoms with Crippen LogP contribution in [0, 0.1) is 11.3 Å². The Hall–Kier alpha value is -4.20. The first kappa shape index (κ1) is 26.7. The summed E-state index contributed by atoms with van der Waals surface area (Å²) in [4.78, 5) is 21.3. The van der Waals surface area contributed by atoms with Gasteiger partial charge in [0, 0.05) is 45.0 Å². The quantitative estimate of drug-likeness (QED) is 0.358. The average Bonchev–Trinajstić information content (AvgIpc) is 3.54. The van der Waals surface area contributed by atoms with Gasteiger partial charge in [-0.25, -0.2) is 9.78 Å².